The van der Waals surface area contributed by atoms with Crippen LogP contribution in [0.15, 0.2) is 0 Å². The number of carbonyl (C=O) groups is 5. The van der Waals surface area contributed by atoms with Crippen molar-refractivity contribution in [2.45, 2.75) is 78.9 Å². The number of ether oxygens (including phenoxy) is 1. The summed E-state index contributed by atoms with van der Waals surface area (Å²) in [6.07, 6.45) is 0.705. The number of rotatable bonds is 15. The molecule has 0 spiro atoms. The highest BCUT2D eigenvalue weighted by Gasteiger charge is 2.28. The normalized spacial score (nSPS) is 13.9. The van der Waals surface area contributed by atoms with Crippen molar-refractivity contribution in [3.8, 4) is 0 Å². The van der Waals surface area contributed by atoms with Gasteiger partial charge in [0.2, 0.25) is 23.6 Å². The zero-order chi connectivity index (χ0) is 24.1. The molecule has 0 aromatic rings. The van der Waals surface area contributed by atoms with E-state index in [-0.39, 0.29) is 31.1 Å². The minimum Gasteiger partial charge on any atom is -0.381 e. The quantitative estimate of drug-likeness (QED) is 0.262. The zero-order valence-electron chi connectivity index (χ0n) is 19.4. The van der Waals surface area contributed by atoms with Crippen molar-refractivity contribution >= 4 is 29.4 Å². The summed E-state index contributed by atoms with van der Waals surface area (Å²) in [5.74, 6) is -2.47. The first-order valence-corrected chi connectivity index (χ1v) is 10.6. The molecule has 0 bridgehead atoms. The summed E-state index contributed by atoms with van der Waals surface area (Å²) < 4.78 is 5.38. The van der Waals surface area contributed by atoms with Gasteiger partial charge in [0.05, 0.1) is 19.1 Å². The molecule has 0 aliphatic carbocycles. The number of carbonyl (C=O) groups excluding carboxylic acids is 5. The first-order chi connectivity index (χ1) is 14.3. The third-order valence-electron chi connectivity index (χ3n) is 4.47. The molecule has 178 valence electrons. The molecule has 10 heteroatoms. The molecule has 0 heterocycles. The maximum Gasteiger partial charge on any atom is 0.242 e. The lowest BCUT2D eigenvalue weighted by Crippen LogP contribution is -2.54. The Morgan fingerprint density at radius 1 is 0.806 bits per heavy atom. The van der Waals surface area contributed by atoms with Crippen molar-refractivity contribution in [1.82, 2.24) is 16.0 Å². The van der Waals surface area contributed by atoms with Gasteiger partial charge in [-0.15, -0.1) is 0 Å². The average Bonchev–Trinajstić information content (AvgIpc) is 2.65. The van der Waals surface area contributed by atoms with Crippen molar-refractivity contribution < 1.29 is 28.7 Å². The molecule has 0 aliphatic heterocycles. The van der Waals surface area contributed by atoms with E-state index < -0.39 is 41.8 Å². The fourth-order valence-electron chi connectivity index (χ4n) is 2.49. The lowest BCUT2D eigenvalue weighted by atomic mass is 9.98. The van der Waals surface area contributed by atoms with Crippen LogP contribution in [0.25, 0.3) is 0 Å². The molecule has 0 rings (SSSR count). The van der Waals surface area contributed by atoms with E-state index in [1.54, 1.807) is 13.8 Å². The number of primary amides is 1. The number of Topliss-reactive ketones (excluding diaryl/α,β-unsaturated/α-hetero) is 1. The van der Waals surface area contributed by atoms with Gasteiger partial charge in [-0.2, -0.15) is 0 Å². The van der Waals surface area contributed by atoms with Crippen molar-refractivity contribution in [3.63, 3.8) is 0 Å². The molecule has 0 radical (unpaired) electrons. The van der Waals surface area contributed by atoms with Gasteiger partial charge in [0, 0.05) is 18.9 Å². The van der Waals surface area contributed by atoms with Crippen LogP contribution in [0.4, 0.5) is 0 Å². The van der Waals surface area contributed by atoms with Crippen LogP contribution < -0.4 is 21.7 Å². The van der Waals surface area contributed by atoms with Crippen LogP contribution in [-0.2, 0) is 28.7 Å². The molecule has 0 aliphatic rings. The predicted molar refractivity (Wildman–Crippen MR) is 116 cm³/mol. The highest BCUT2D eigenvalue weighted by atomic mass is 16.5. The lowest BCUT2D eigenvalue weighted by molar-refractivity contribution is -0.134. The SMILES string of the molecule is CC(C)CCOCCC(=O)N[C@@H](C)C(=O)N[C@@H](C)C(=O)N[C@@H](CC(N)=O)C(=O)C(C)C. The van der Waals surface area contributed by atoms with Crippen LogP contribution in [0, 0.1) is 11.8 Å². The Hall–Kier alpha value is -2.49. The lowest BCUT2D eigenvalue weighted by Gasteiger charge is -2.22. The first kappa shape index (κ1) is 28.5. The van der Waals surface area contributed by atoms with E-state index >= 15 is 0 Å². The standard InChI is InChI=1S/C21H38N4O6/c1-12(2)7-9-31-10-8-18(27)23-14(5)20(29)24-15(6)21(30)25-16(11-17(22)26)19(28)13(3)4/h12-16H,7-11H2,1-6H3,(H2,22,26)(H,23,27)(H,24,29)(H,25,30)/t14-,15-,16-/m0/s1. The maximum atomic E-state index is 12.4. The van der Waals surface area contributed by atoms with E-state index in [1.165, 1.54) is 13.8 Å². The highest BCUT2D eigenvalue weighted by Crippen LogP contribution is 2.04. The van der Waals surface area contributed by atoms with E-state index in [4.69, 9.17) is 10.5 Å². The Morgan fingerprint density at radius 3 is 1.87 bits per heavy atom. The van der Waals surface area contributed by atoms with Crippen molar-refractivity contribution in [2.24, 2.45) is 17.6 Å². The molecule has 0 saturated carbocycles. The van der Waals surface area contributed by atoms with Crippen molar-refractivity contribution in [1.29, 1.82) is 0 Å². The number of amides is 4. The van der Waals surface area contributed by atoms with Gasteiger partial charge in [0.15, 0.2) is 5.78 Å². The fourth-order valence-corrected chi connectivity index (χ4v) is 2.49. The average molecular weight is 443 g/mol. The van der Waals surface area contributed by atoms with E-state index in [0.717, 1.165) is 6.42 Å². The number of nitrogens with two attached hydrogens (primary N) is 1. The topological polar surface area (TPSA) is 157 Å². The van der Waals surface area contributed by atoms with Crippen LogP contribution in [0.5, 0.6) is 0 Å². The van der Waals surface area contributed by atoms with Gasteiger partial charge in [0.1, 0.15) is 12.1 Å². The third kappa shape index (κ3) is 12.7. The largest absolute Gasteiger partial charge is 0.381 e. The zero-order valence-corrected chi connectivity index (χ0v) is 19.4. The molecule has 3 atom stereocenters. The number of nitrogens with one attached hydrogen (secondary N) is 3. The number of hydrogen-bond donors (Lipinski definition) is 4. The summed E-state index contributed by atoms with van der Waals surface area (Å²) in [7, 11) is 0. The molecule has 4 amide bonds. The van der Waals surface area contributed by atoms with Gasteiger partial charge < -0.3 is 26.4 Å². The molecule has 0 aromatic heterocycles. The van der Waals surface area contributed by atoms with E-state index in [1.807, 2.05) is 0 Å². The van der Waals surface area contributed by atoms with Gasteiger partial charge in [0.25, 0.3) is 0 Å². The van der Waals surface area contributed by atoms with Crippen LogP contribution in [0.2, 0.25) is 0 Å². The minimum absolute atomic E-state index is 0.123. The summed E-state index contributed by atoms with van der Waals surface area (Å²) in [4.78, 5) is 59.9. The Balaban J connectivity index is 4.53. The Kier molecular flexibility index (Phi) is 13.3. The maximum absolute atomic E-state index is 12.4. The van der Waals surface area contributed by atoms with Gasteiger partial charge >= 0.3 is 0 Å². The molecule has 0 aromatic carbocycles. The second-order valence-electron chi connectivity index (χ2n) is 8.35. The Labute approximate surface area is 184 Å². The molecule has 5 N–H and O–H groups in total. The van der Waals surface area contributed by atoms with Gasteiger partial charge in [-0.25, -0.2) is 0 Å². The monoisotopic (exact) mass is 442 g/mol. The smallest absolute Gasteiger partial charge is 0.242 e. The van der Waals surface area contributed by atoms with Crippen molar-refractivity contribution in [3.05, 3.63) is 0 Å². The minimum atomic E-state index is -1.06. The molecule has 0 fully saturated rings. The highest BCUT2D eigenvalue weighted by molar-refractivity contribution is 5.96. The van der Waals surface area contributed by atoms with E-state index in [0.29, 0.717) is 12.5 Å². The number of ketones is 1. The van der Waals surface area contributed by atoms with E-state index in [2.05, 4.69) is 29.8 Å². The molecular weight excluding hydrogens is 404 g/mol. The van der Waals surface area contributed by atoms with Gasteiger partial charge in [-0.3, -0.25) is 24.0 Å². The molecule has 10 nitrogen and oxygen atoms in total. The molecule has 31 heavy (non-hydrogen) atoms. The van der Waals surface area contributed by atoms with Crippen LogP contribution in [0.3, 0.4) is 0 Å². The van der Waals surface area contributed by atoms with Crippen molar-refractivity contribution in [2.75, 3.05) is 13.2 Å². The van der Waals surface area contributed by atoms with E-state index in [9.17, 15) is 24.0 Å². The first-order valence-electron chi connectivity index (χ1n) is 10.6. The summed E-state index contributed by atoms with van der Waals surface area (Å²) >= 11 is 0. The van der Waals surface area contributed by atoms with Crippen LogP contribution >= 0.6 is 0 Å². The predicted octanol–water partition coefficient (Wildman–Crippen LogP) is 0.0339. The Bertz CT molecular complexity index is 635. The second-order valence-corrected chi connectivity index (χ2v) is 8.35. The number of hydrogen-bond acceptors (Lipinski definition) is 6. The summed E-state index contributed by atoms with van der Waals surface area (Å²) in [5.41, 5.74) is 5.15. The summed E-state index contributed by atoms with van der Waals surface area (Å²) in [5, 5.41) is 7.48. The second kappa shape index (κ2) is 14.5. The third-order valence-corrected chi connectivity index (χ3v) is 4.47. The molecule has 0 unspecified atom stereocenters. The van der Waals surface area contributed by atoms with Crippen LogP contribution in [-0.4, -0.2) is 60.8 Å². The summed E-state index contributed by atoms with van der Waals surface area (Å²) in [6, 6.07) is -2.91. The summed E-state index contributed by atoms with van der Waals surface area (Å²) in [6.45, 7) is 11.2. The van der Waals surface area contributed by atoms with Gasteiger partial charge in [-0.1, -0.05) is 27.7 Å². The molecular formula is C21H38N4O6. The fraction of sp³-hybridized carbons (Fsp3) is 0.762. The Morgan fingerprint density at radius 2 is 1.35 bits per heavy atom. The van der Waals surface area contributed by atoms with Gasteiger partial charge in [-0.05, 0) is 26.2 Å². The molecule has 0 saturated heterocycles. The van der Waals surface area contributed by atoms with Crippen LogP contribution in [0.1, 0.15) is 60.8 Å².